The molecule has 29 heavy (non-hydrogen) atoms. The van der Waals surface area contributed by atoms with Crippen LogP contribution in [0.25, 0.3) is 11.0 Å². The SMILES string of the molecule is O=C(Cn1cnc2ccccc21)N1N=C(c2ccc(Cl)cc2)C[C@@H]1c1ccco1. The quantitative estimate of drug-likeness (QED) is 0.497. The summed E-state index contributed by atoms with van der Waals surface area (Å²) in [5, 5.41) is 6.84. The Labute approximate surface area is 172 Å². The molecule has 7 heteroatoms. The number of carbonyl (C=O) groups is 1. The first kappa shape index (κ1) is 17.7. The van der Waals surface area contributed by atoms with Crippen molar-refractivity contribution >= 4 is 34.3 Å². The van der Waals surface area contributed by atoms with E-state index in [9.17, 15) is 4.79 Å². The Bertz CT molecular complexity index is 1200. The number of hydrazone groups is 1. The number of furan rings is 1. The first-order valence-electron chi connectivity index (χ1n) is 9.28. The number of hydrogen-bond acceptors (Lipinski definition) is 4. The molecule has 1 aliphatic rings. The number of para-hydroxylation sites is 2. The van der Waals surface area contributed by atoms with Gasteiger partial charge in [-0.2, -0.15) is 5.10 Å². The first-order chi connectivity index (χ1) is 14.2. The molecule has 0 N–H and O–H groups in total. The van der Waals surface area contributed by atoms with E-state index in [1.165, 1.54) is 5.01 Å². The highest BCUT2D eigenvalue weighted by Gasteiger charge is 2.35. The number of imidazole rings is 1. The second-order valence-corrected chi connectivity index (χ2v) is 7.32. The van der Waals surface area contributed by atoms with Crippen molar-refractivity contribution in [3.05, 3.63) is 89.6 Å². The van der Waals surface area contributed by atoms with Crippen molar-refractivity contribution in [2.45, 2.75) is 19.0 Å². The maximum Gasteiger partial charge on any atom is 0.263 e. The number of carbonyl (C=O) groups excluding carboxylic acids is 1. The predicted molar refractivity (Wildman–Crippen MR) is 111 cm³/mol. The summed E-state index contributed by atoms with van der Waals surface area (Å²) in [7, 11) is 0. The fraction of sp³-hybridized carbons (Fsp3) is 0.136. The third-order valence-electron chi connectivity index (χ3n) is 5.05. The van der Waals surface area contributed by atoms with Crippen molar-refractivity contribution in [1.82, 2.24) is 14.6 Å². The lowest BCUT2D eigenvalue weighted by atomic mass is 10.0. The van der Waals surface area contributed by atoms with Gasteiger partial charge >= 0.3 is 0 Å². The summed E-state index contributed by atoms with van der Waals surface area (Å²) in [5.74, 6) is 0.583. The third kappa shape index (κ3) is 3.32. The van der Waals surface area contributed by atoms with E-state index in [4.69, 9.17) is 16.0 Å². The van der Waals surface area contributed by atoms with Crippen LogP contribution in [0.2, 0.25) is 5.02 Å². The smallest absolute Gasteiger partial charge is 0.263 e. The van der Waals surface area contributed by atoms with Crippen LogP contribution in [-0.4, -0.2) is 26.2 Å². The standard InChI is InChI=1S/C22H17ClN4O2/c23-16-9-7-15(8-10-16)18-12-20(21-6-3-11-29-21)27(25-18)22(28)13-26-14-24-17-4-1-2-5-19(17)26/h1-11,14,20H,12-13H2/t20-/m1/s1. The number of nitrogens with zero attached hydrogens (tertiary/aromatic N) is 4. The minimum absolute atomic E-state index is 0.126. The first-order valence-corrected chi connectivity index (χ1v) is 9.65. The minimum Gasteiger partial charge on any atom is -0.467 e. The molecule has 1 aliphatic heterocycles. The molecule has 0 spiro atoms. The fourth-order valence-electron chi connectivity index (χ4n) is 3.61. The Kier molecular flexibility index (Phi) is 4.41. The van der Waals surface area contributed by atoms with E-state index in [0.29, 0.717) is 17.2 Å². The molecule has 144 valence electrons. The summed E-state index contributed by atoms with van der Waals surface area (Å²) in [4.78, 5) is 17.6. The molecule has 4 aromatic rings. The van der Waals surface area contributed by atoms with Crippen LogP contribution < -0.4 is 0 Å². The van der Waals surface area contributed by atoms with Gasteiger partial charge in [0.25, 0.3) is 5.91 Å². The Morgan fingerprint density at radius 2 is 1.93 bits per heavy atom. The van der Waals surface area contributed by atoms with E-state index < -0.39 is 0 Å². The molecule has 0 saturated carbocycles. The number of aromatic nitrogens is 2. The zero-order valence-electron chi connectivity index (χ0n) is 15.4. The summed E-state index contributed by atoms with van der Waals surface area (Å²) in [6, 6.07) is 18.6. The van der Waals surface area contributed by atoms with Gasteiger partial charge in [-0.05, 0) is 42.0 Å². The Morgan fingerprint density at radius 1 is 1.10 bits per heavy atom. The Hall–Kier alpha value is -3.38. The number of fused-ring (bicyclic) bond motifs is 1. The normalized spacial score (nSPS) is 16.4. The van der Waals surface area contributed by atoms with Crippen molar-refractivity contribution < 1.29 is 9.21 Å². The summed E-state index contributed by atoms with van der Waals surface area (Å²) in [6.45, 7) is 0.148. The molecule has 3 heterocycles. The van der Waals surface area contributed by atoms with Crippen LogP contribution in [0.5, 0.6) is 0 Å². The second kappa shape index (κ2) is 7.22. The lowest BCUT2D eigenvalue weighted by molar-refractivity contribution is -0.133. The monoisotopic (exact) mass is 404 g/mol. The molecular weight excluding hydrogens is 388 g/mol. The van der Waals surface area contributed by atoms with Crippen molar-refractivity contribution in [3.8, 4) is 0 Å². The van der Waals surface area contributed by atoms with Crippen LogP contribution in [0, 0.1) is 0 Å². The van der Waals surface area contributed by atoms with Gasteiger partial charge in [-0.15, -0.1) is 0 Å². The molecular formula is C22H17ClN4O2. The molecule has 5 rings (SSSR count). The van der Waals surface area contributed by atoms with E-state index in [2.05, 4.69) is 10.1 Å². The molecule has 6 nitrogen and oxygen atoms in total. The van der Waals surface area contributed by atoms with Crippen molar-refractivity contribution in [2.75, 3.05) is 0 Å². The van der Waals surface area contributed by atoms with Gasteiger partial charge in [0.05, 0.1) is 29.3 Å². The molecule has 2 aromatic carbocycles. The van der Waals surface area contributed by atoms with E-state index >= 15 is 0 Å². The third-order valence-corrected chi connectivity index (χ3v) is 5.30. The second-order valence-electron chi connectivity index (χ2n) is 6.89. The number of amides is 1. The fourth-order valence-corrected chi connectivity index (χ4v) is 3.74. The highest BCUT2D eigenvalue weighted by Crippen LogP contribution is 2.33. The van der Waals surface area contributed by atoms with Crippen LogP contribution in [0.15, 0.2) is 82.8 Å². The zero-order valence-corrected chi connectivity index (χ0v) is 16.2. The highest BCUT2D eigenvalue weighted by molar-refractivity contribution is 6.30. The van der Waals surface area contributed by atoms with Gasteiger partial charge in [0.1, 0.15) is 18.3 Å². The largest absolute Gasteiger partial charge is 0.467 e. The molecule has 0 fully saturated rings. The maximum atomic E-state index is 13.2. The van der Waals surface area contributed by atoms with Crippen molar-refractivity contribution in [3.63, 3.8) is 0 Å². The van der Waals surface area contributed by atoms with Gasteiger partial charge in [-0.1, -0.05) is 35.9 Å². The van der Waals surface area contributed by atoms with Crippen LogP contribution in [0.4, 0.5) is 0 Å². The number of halogens is 1. The van der Waals surface area contributed by atoms with Gasteiger partial charge < -0.3 is 8.98 Å². The lowest BCUT2D eigenvalue weighted by Gasteiger charge is -2.20. The van der Waals surface area contributed by atoms with E-state index in [-0.39, 0.29) is 18.5 Å². The topological polar surface area (TPSA) is 63.6 Å². The average Bonchev–Trinajstić information content (AvgIpc) is 3.48. The van der Waals surface area contributed by atoms with Gasteiger partial charge in [-0.25, -0.2) is 9.99 Å². The molecule has 0 aliphatic carbocycles. The molecule has 0 radical (unpaired) electrons. The molecule has 2 aromatic heterocycles. The Balaban J connectivity index is 1.47. The molecule has 1 amide bonds. The van der Waals surface area contributed by atoms with Crippen LogP contribution in [0.3, 0.4) is 0 Å². The predicted octanol–water partition coefficient (Wildman–Crippen LogP) is 4.66. The summed E-state index contributed by atoms with van der Waals surface area (Å²) in [6.07, 6.45) is 3.87. The van der Waals surface area contributed by atoms with Crippen molar-refractivity contribution in [2.24, 2.45) is 5.10 Å². The number of rotatable bonds is 4. The van der Waals surface area contributed by atoms with Gasteiger partial charge in [0, 0.05) is 11.4 Å². The highest BCUT2D eigenvalue weighted by atomic mass is 35.5. The number of hydrogen-bond donors (Lipinski definition) is 0. The van der Waals surface area contributed by atoms with Gasteiger partial charge in [0.15, 0.2) is 0 Å². The maximum absolute atomic E-state index is 13.2. The summed E-state index contributed by atoms with van der Waals surface area (Å²) in [5.41, 5.74) is 3.53. The molecule has 1 atom stereocenters. The van der Waals surface area contributed by atoms with E-state index in [1.807, 2.05) is 65.2 Å². The summed E-state index contributed by atoms with van der Waals surface area (Å²) >= 11 is 6.01. The number of benzene rings is 2. The van der Waals surface area contributed by atoms with Crippen molar-refractivity contribution in [1.29, 1.82) is 0 Å². The molecule has 0 bridgehead atoms. The van der Waals surface area contributed by atoms with E-state index in [1.54, 1.807) is 12.6 Å². The summed E-state index contributed by atoms with van der Waals surface area (Å²) < 4.78 is 7.44. The zero-order chi connectivity index (χ0) is 19.8. The van der Waals surface area contributed by atoms with E-state index in [0.717, 1.165) is 22.3 Å². The van der Waals surface area contributed by atoms with Crippen LogP contribution in [0.1, 0.15) is 23.8 Å². The average molecular weight is 405 g/mol. The Morgan fingerprint density at radius 3 is 2.72 bits per heavy atom. The molecule has 0 saturated heterocycles. The van der Waals surface area contributed by atoms with Gasteiger partial charge in [0.2, 0.25) is 0 Å². The van der Waals surface area contributed by atoms with Crippen LogP contribution in [-0.2, 0) is 11.3 Å². The molecule has 0 unspecified atom stereocenters. The lowest BCUT2D eigenvalue weighted by Crippen LogP contribution is -2.30. The minimum atomic E-state index is -0.280. The van der Waals surface area contributed by atoms with Gasteiger partial charge in [-0.3, -0.25) is 4.79 Å². The van der Waals surface area contributed by atoms with Crippen LogP contribution >= 0.6 is 11.6 Å².